The summed E-state index contributed by atoms with van der Waals surface area (Å²) in [6.07, 6.45) is 1.71. The Kier molecular flexibility index (Phi) is 3.31. The maximum absolute atomic E-state index is 12.6. The second kappa shape index (κ2) is 5.62. The highest BCUT2D eigenvalue weighted by atomic mass is 16.2. The summed E-state index contributed by atoms with van der Waals surface area (Å²) in [4.78, 5) is 14.0. The molecule has 4 rings (SSSR count). The smallest absolute Gasteiger partial charge is 0.278 e. The van der Waals surface area contributed by atoms with Crippen molar-refractivity contribution in [2.75, 3.05) is 5.32 Å². The lowest BCUT2D eigenvalue weighted by molar-refractivity contribution is 0.102. The third-order valence-electron chi connectivity index (χ3n) is 3.71. The molecule has 4 aromatic rings. The summed E-state index contributed by atoms with van der Waals surface area (Å²) in [5.41, 5.74) is 3.08. The second-order valence-corrected chi connectivity index (χ2v) is 5.35. The number of hydrogen-bond acceptors (Lipinski definition) is 4. The summed E-state index contributed by atoms with van der Waals surface area (Å²) >= 11 is 0. The molecule has 7 heteroatoms. The van der Waals surface area contributed by atoms with Gasteiger partial charge in [-0.05, 0) is 25.1 Å². The molecule has 0 saturated heterocycles. The second-order valence-electron chi connectivity index (χ2n) is 5.35. The molecule has 0 saturated carbocycles. The van der Waals surface area contributed by atoms with Gasteiger partial charge in [0.25, 0.3) is 5.91 Å². The number of rotatable bonds is 3. The van der Waals surface area contributed by atoms with E-state index >= 15 is 0 Å². The molecular weight excluding hydrogens is 304 g/mol. The van der Waals surface area contributed by atoms with Crippen LogP contribution in [0.3, 0.4) is 0 Å². The molecule has 0 radical (unpaired) electrons. The van der Waals surface area contributed by atoms with Crippen LogP contribution in [-0.2, 0) is 0 Å². The predicted octanol–water partition coefficient (Wildman–Crippen LogP) is 2.70. The molecule has 7 nitrogen and oxygen atoms in total. The summed E-state index contributed by atoms with van der Waals surface area (Å²) in [6.45, 7) is 1.76. The first-order chi connectivity index (χ1) is 11.7. The van der Waals surface area contributed by atoms with Gasteiger partial charge in [0.2, 0.25) is 0 Å². The molecule has 2 aromatic heterocycles. The zero-order chi connectivity index (χ0) is 16.5. The number of aromatic nitrogens is 5. The molecule has 118 valence electrons. The highest BCUT2D eigenvalue weighted by Crippen LogP contribution is 2.21. The average Bonchev–Trinajstić information content (AvgIpc) is 3.23. The number of nitrogens with one attached hydrogen (secondary N) is 2. The van der Waals surface area contributed by atoms with Crippen LogP contribution in [0.4, 0.5) is 5.69 Å². The van der Waals surface area contributed by atoms with Gasteiger partial charge in [0.1, 0.15) is 0 Å². The van der Waals surface area contributed by atoms with Crippen LogP contribution in [-0.4, -0.2) is 31.1 Å². The number of anilines is 1. The zero-order valence-corrected chi connectivity index (χ0v) is 12.9. The van der Waals surface area contributed by atoms with Gasteiger partial charge in [0.15, 0.2) is 5.69 Å². The summed E-state index contributed by atoms with van der Waals surface area (Å²) in [5.74, 6) is -0.309. The first kappa shape index (κ1) is 14.1. The fourth-order valence-electron chi connectivity index (χ4n) is 2.52. The van der Waals surface area contributed by atoms with Crippen LogP contribution in [0, 0.1) is 6.92 Å². The quantitative estimate of drug-likeness (QED) is 0.608. The van der Waals surface area contributed by atoms with Crippen molar-refractivity contribution in [3.05, 3.63) is 66.1 Å². The molecule has 0 atom stereocenters. The molecule has 0 unspecified atom stereocenters. The number of H-pyrrole nitrogens is 1. The van der Waals surface area contributed by atoms with Crippen molar-refractivity contribution in [2.45, 2.75) is 6.92 Å². The topological polar surface area (TPSA) is 88.5 Å². The third-order valence-corrected chi connectivity index (χ3v) is 3.71. The number of aryl methyl sites for hydroxylation is 1. The molecule has 2 N–H and O–H groups in total. The van der Waals surface area contributed by atoms with E-state index in [0.29, 0.717) is 11.4 Å². The standard InChI is InChI=1S/C17H14N6O/c1-11-15(22-23(21-11)13-7-3-2-4-8-13)17(24)19-14-9-5-6-12-10-18-20-16(12)14/h2-10H,1H3,(H,18,20)(H,19,24). The van der Waals surface area contributed by atoms with Crippen LogP contribution in [0.5, 0.6) is 0 Å². The van der Waals surface area contributed by atoms with E-state index in [9.17, 15) is 4.79 Å². The maximum Gasteiger partial charge on any atom is 0.278 e. The molecule has 0 aliphatic carbocycles. The molecule has 0 spiro atoms. The van der Waals surface area contributed by atoms with E-state index in [0.717, 1.165) is 16.6 Å². The van der Waals surface area contributed by atoms with Crippen molar-refractivity contribution in [3.8, 4) is 5.69 Å². The molecular formula is C17H14N6O. The van der Waals surface area contributed by atoms with E-state index in [1.54, 1.807) is 13.1 Å². The molecule has 0 fully saturated rings. The minimum absolute atomic E-state index is 0.287. The Morgan fingerprint density at radius 2 is 1.92 bits per heavy atom. The van der Waals surface area contributed by atoms with Gasteiger partial charge < -0.3 is 5.32 Å². The number of fused-ring (bicyclic) bond motifs is 1. The number of carbonyl (C=O) groups excluding carboxylic acids is 1. The average molecular weight is 318 g/mol. The Hall–Kier alpha value is -3.48. The summed E-state index contributed by atoms with van der Waals surface area (Å²) in [5, 5.41) is 19.3. The summed E-state index contributed by atoms with van der Waals surface area (Å²) in [7, 11) is 0. The lowest BCUT2D eigenvalue weighted by Crippen LogP contribution is -2.14. The van der Waals surface area contributed by atoms with E-state index < -0.39 is 0 Å². The van der Waals surface area contributed by atoms with Gasteiger partial charge in [0, 0.05) is 5.39 Å². The number of benzene rings is 2. The van der Waals surface area contributed by atoms with Gasteiger partial charge in [-0.25, -0.2) is 0 Å². The van der Waals surface area contributed by atoms with Crippen molar-refractivity contribution in [2.24, 2.45) is 0 Å². The Balaban J connectivity index is 1.66. The van der Waals surface area contributed by atoms with Gasteiger partial charge in [-0.15, -0.1) is 5.10 Å². The van der Waals surface area contributed by atoms with E-state index in [4.69, 9.17) is 0 Å². The van der Waals surface area contributed by atoms with Gasteiger partial charge in [-0.1, -0.05) is 30.3 Å². The van der Waals surface area contributed by atoms with Crippen molar-refractivity contribution in [1.29, 1.82) is 0 Å². The van der Waals surface area contributed by atoms with Crippen LogP contribution in [0.25, 0.3) is 16.6 Å². The van der Waals surface area contributed by atoms with Crippen LogP contribution < -0.4 is 5.32 Å². The fraction of sp³-hybridized carbons (Fsp3) is 0.0588. The van der Waals surface area contributed by atoms with Crippen LogP contribution in [0.15, 0.2) is 54.7 Å². The van der Waals surface area contributed by atoms with E-state index in [1.165, 1.54) is 4.80 Å². The monoisotopic (exact) mass is 318 g/mol. The third kappa shape index (κ3) is 2.41. The number of carbonyl (C=O) groups is 1. The molecule has 2 aromatic carbocycles. The first-order valence-electron chi connectivity index (χ1n) is 7.45. The highest BCUT2D eigenvalue weighted by Gasteiger charge is 2.17. The predicted molar refractivity (Wildman–Crippen MR) is 90.1 cm³/mol. The van der Waals surface area contributed by atoms with Gasteiger partial charge in [-0.3, -0.25) is 9.89 Å². The number of aromatic amines is 1. The number of para-hydroxylation sites is 2. The van der Waals surface area contributed by atoms with Crippen molar-refractivity contribution in [3.63, 3.8) is 0 Å². The largest absolute Gasteiger partial charge is 0.319 e. The maximum atomic E-state index is 12.6. The summed E-state index contributed by atoms with van der Waals surface area (Å²) < 4.78 is 0. The van der Waals surface area contributed by atoms with E-state index in [2.05, 4.69) is 25.7 Å². The Labute approximate surface area is 137 Å². The van der Waals surface area contributed by atoms with Gasteiger partial charge >= 0.3 is 0 Å². The van der Waals surface area contributed by atoms with Gasteiger partial charge in [0.05, 0.1) is 28.8 Å². The van der Waals surface area contributed by atoms with Gasteiger partial charge in [-0.2, -0.15) is 15.0 Å². The first-order valence-corrected chi connectivity index (χ1v) is 7.45. The Morgan fingerprint density at radius 1 is 1.08 bits per heavy atom. The molecule has 0 bridgehead atoms. The van der Waals surface area contributed by atoms with Crippen molar-refractivity contribution in [1.82, 2.24) is 25.2 Å². The minimum Gasteiger partial charge on any atom is -0.319 e. The van der Waals surface area contributed by atoms with Crippen LogP contribution >= 0.6 is 0 Å². The van der Waals surface area contributed by atoms with Crippen LogP contribution in [0.2, 0.25) is 0 Å². The lowest BCUT2D eigenvalue weighted by Gasteiger charge is -2.04. The molecule has 0 aliphatic rings. The van der Waals surface area contributed by atoms with Crippen molar-refractivity contribution >= 4 is 22.5 Å². The summed E-state index contributed by atoms with van der Waals surface area (Å²) in [6, 6.07) is 15.1. The molecule has 24 heavy (non-hydrogen) atoms. The molecule has 2 heterocycles. The fourth-order valence-corrected chi connectivity index (χ4v) is 2.52. The SMILES string of the molecule is Cc1nn(-c2ccccc2)nc1C(=O)Nc1cccc2cn[nH]c12. The minimum atomic E-state index is -0.309. The van der Waals surface area contributed by atoms with Crippen LogP contribution in [0.1, 0.15) is 16.2 Å². The molecule has 0 aliphatic heterocycles. The van der Waals surface area contributed by atoms with E-state index in [-0.39, 0.29) is 11.6 Å². The zero-order valence-electron chi connectivity index (χ0n) is 12.9. The highest BCUT2D eigenvalue weighted by molar-refractivity contribution is 6.07. The molecule has 1 amide bonds. The Morgan fingerprint density at radius 3 is 2.75 bits per heavy atom. The number of nitrogens with zero attached hydrogens (tertiary/aromatic N) is 4. The number of hydrogen-bond donors (Lipinski definition) is 2. The lowest BCUT2D eigenvalue weighted by atomic mass is 10.2. The Bertz CT molecular complexity index is 1020. The van der Waals surface area contributed by atoms with Crippen molar-refractivity contribution < 1.29 is 4.79 Å². The van der Waals surface area contributed by atoms with E-state index in [1.807, 2.05) is 48.5 Å². The number of amides is 1. The normalized spacial score (nSPS) is 10.9.